The van der Waals surface area contributed by atoms with Crippen LogP contribution in [0.25, 0.3) is 11.1 Å². The van der Waals surface area contributed by atoms with Crippen molar-refractivity contribution >= 4 is 5.78 Å². The van der Waals surface area contributed by atoms with E-state index in [1.54, 1.807) is 12.1 Å². The number of ether oxygens (including phenoxy) is 1. The quantitative estimate of drug-likeness (QED) is 0.835. The average molecular weight is 279 g/mol. The Kier molecular flexibility index (Phi) is 4.73. The van der Waals surface area contributed by atoms with E-state index in [1.807, 2.05) is 50.2 Å². The van der Waals surface area contributed by atoms with Crippen LogP contribution in [0.15, 0.2) is 48.5 Å². The number of carbonyl (C=O) groups excluding carboxylic acids is 1. The van der Waals surface area contributed by atoms with E-state index in [1.165, 1.54) is 0 Å². The van der Waals surface area contributed by atoms with Gasteiger partial charge in [0.1, 0.15) is 12.4 Å². The predicted molar refractivity (Wildman–Crippen MR) is 81.9 cm³/mol. The van der Waals surface area contributed by atoms with Crippen LogP contribution in [-0.4, -0.2) is 12.4 Å². The molecule has 2 aromatic rings. The Morgan fingerprint density at radius 3 is 2.05 bits per heavy atom. The molecule has 0 aliphatic heterocycles. The molecule has 0 unspecified atom stereocenters. The molecule has 0 aromatic heterocycles. The van der Waals surface area contributed by atoms with E-state index in [9.17, 15) is 4.79 Å². The summed E-state index contributed by atoms with van der Waals surface area (Å²) in [6.45, 7) is 3.83. The van der Waals surface area contributed by atoms with Gasteiger partial charge in [0, 0.05) is 5.92 Å². The van der Waals surface area contributed by atoms with Crippen LogP contribution in [0, 0.1) is 17.2 Å². The minimum absolute atomic E-state index is 0.0112. The third kappa shape index (κ3) is 3.93. The lowest BCUT2D eigenvalue weighted by Crippen LogP contribution is -2.16. The van der Waals surface area contributed by atoms with Crippen LogP contribution in [0.2, 0.25) is 0 Å². The van der Waals surface area contributed by atoms with E-state index in [0.29, 0.717) is 11.3 Å². The van der Waals surface area contributed by atoms with Gasteiger partial charge in [0.25, 0.3) is 0 Å². The largest absolute Gasteiger partial charge is 0.486 e. The molecule has 0 saturated heterocycles. The van der Waals surface area contributed by atoms with Crippen LogP contribution < -0.4 is 4.74 Å². The standard InChI is InChI=1S/C18H17NO2/c1-13(2)18(20)12-21-17-9-7-16(8-10-17)15-5-3-14(11-19)4-6-15/h3-10,13H,12H2,1-2H3. The van der Waals surface area contributed by atoms with Gasteiger partial charge in [0.2, 0.25) is 0 Å². The fourth-order valence-electron chi connectivity index (χ4n) is 1.80. The van der Waals surface area contributed by atoms with Gasteiger partial charge in [0.15, 0.2) is 5.78 Å². The zero-order chi connectivity index (χ0) is 15.2. The summed E-state index contributed by atoms with van der Waals surface area (Å²) in [6.07, 6.45) is 0. The Bertz CT molecular complexity index is 649. The molecule has 0 spiro atoms. The SMILES string of the molecule is CC(C)C(=O)COc1ccc(-c2ccc(C#N)cc2)cc1. The molecule has 0 atom stereocenters. The highest BCUT2D eigenvalue weighted by Gasteiger charge is 2.07. The number of hydrogen-bond acceptors (Lipinski definition) is 3. The van der Waals surface area contributed by atoms with Crippen molar-refractivity contribution in [3.05, 3.63) is 54.1 Å². The smallest absolute Gasteiger partial charge is 0.172 e. The maximum Gasteiger partial charge on any atom is 0.172 e. The molecule has 0 N–H and O–H groups in total. The first kappa shape index (κ1) is 14.8. The molecule has 2 aromatic carbocycles. The van der Waals surface area contributed by atoms with Crippen LogP contribution in [0.1, 0.15) is 19.4 Å². The number of benzene rings is 2. The molecule has 21 heavy (non-hydrogen) atoms. The average Bonchev–Trinajstić information content (AvgIpc) is 2.53. The number of nitrogens with zero attached hydrogens (tertiary/aromatic N) is 1. The number of carbonyl (C=O) groups is 1. The van der Waals surface area contributed by atoms with Gasteiger partial charge in [-0.25, -0.2) is 0 Å². The first-order valence-electron chi connectivity index (χ1n) is 6.86. The Morgan fingerprint density at radius 2 is 1.57 bits per heavy atom. The molecule has 0 radical (unpaired) electrons. The number of Topliss-reactive ketones (excluding diaryl/α,β-unsaturated/α-hetero) is 1. The maximum absolute atomic E-state index is 11.5. The van der Waals surface area contributed by atoms with Crippen molar-refractivity contribution in [2.75, 3.05) is 6.61 Å². The Labute approximate surface area is 124 Å². The van der Waals surface area contributed by atoms with Crippen LogP contribution in [0.3, 0.4) is 0 Å². The lowest BCUT2D eigenvalue weighted by atomic mass is 10.0. The first-order chi connectivity index (χ1) is 10.1. The zero-order valence-corrected chi connectivity index (χ0v) is 12.2. The first-order valence-corrected chi connectivity index (χ1v) is 6.86. The summed E-state index contributed by atoms with van der Waals surface area (Å²) in [5.41, 5.74) is 2.73. The van der Waals surface area contributed by atoms with Crippen molar-refractivity contribution in [1.82, 2.24) is 0 Å². The van der Waals surface area contributed by atoms with E-state index in [-0.39, 0.29) is 18.3 Å². The summed E-state index contributed by atoms with van der Waals surface area (Å²) in [5.74, 6) is 0.760. The molecule has 0 bridgehead atoms. The monoisotopic (exact) mass is 279 g/mol. The second kappa shape index (κ2) is 6.71. The molecule has 2 rings (SSSR count). The van der Waals surface area contributed by atoms with Crippen LogP contribution >= 0.6 is 0 Å². The van der Waals surface area contributed by atoms with Gasteiger partial charge in [-0.05, 0) is 35.4 Å². The summed E-state index contributed by atoms with van der Waals surface area (Å²) >= 11 is 0. The van der Waals surface area contributed by atoms with Crippen LogP contribution in [0.4, 0.5) is 0 Å². The lowest BCUT2D eigenvalue weighted by Gasteiger charge is -2.08. The summed E-state index contributed by atoms with van der Waals surface area (Å²) in [4.78, 5) is 11.5. The highest BCUT2D eigenvalue weighted by atomic mass is 16.5. The van der Waals surface area contributed by atoms with Crippen molar-refractivity contribution in [3.8, 4) is 22.9 Å². The molecule has 106 valence electrons. The predicted octanol–water partition coefficient (Wildman–Crippen LogP) is 3.83. The summed E-state index contributed by atoms with van der Waals surface area (Å²) < 4.78 is 5.46. The Hall–Kier alpha value is -2.60. The molecule has 0 saturated carbocycles. The number of hydrogen-bond donors (Lipinski definition) is 0. The Morgan fingerprint density at radius 1 is 1.05 bits per heavy atom. The summed E-state index contributed by atoms with van der Waals surface area (Å²) in [6, 6.07) is 17.1. The summed E-state index contributed by atoms with van der Waals surface area (Å²) in [5, 5.41) is 8.78. The van der Waals surface area contributed by atoms with Crippen LogP contribution in [0.5, 0.6) is 5.75 Å². The second-order valence-corrected chi connectivity index (χ2v) is 5.12. The van der Waals surface area contributed by atoms with Gasteiger partial charge in [-0.15, -0.1) is 0 Å². The normalized spacial score (nSPS) is 10.2. The van der Waals surface area contributed by atoms with E-state index < -0.39 is 0 Å². The van der Waals surface area contributed by atoms with Crippen molar-refractivity contribution in [3.63, 3.8) is 0 Å². The molecular formula is C18H17NO2. The third-order valence-electron chi connectivity index (χ3n) is 3.23. The highest BCUT2D eigenvalue weighted by molar-refractivity contribution is 5.81. The molecule has 3 heteroatoms. The molecule has 0 amide bonds. The number of ketones is 1. The van der Waals surface area contributed by atoms with Gasteiger partial charge in [-0.1, -0.05) is 38.1 Å². The van der Waals surface area contributed by atoms with Gasteiger partial charge < -0.3 is 4.74 Å². The van der Waals surface area contributed by atoms with E-state index in [0.717, 1.165) is 11.1 Å². The molecule has 0 aliphatic carbocycles. The number of nitriles is 1. The van der Waals surface area contributed by atoms with Crippen molar-refractivity contribution in [1.29, 1.82) is 5.26 Å². The van der Waals surface area contributed by atoms with E-state index in [2.05, 4.69) is 6.07 Å². The fraction of sp³-hybridized carbons (Fsp3) is 0.222. The van der Waals surface area contributed by atoms with Gasteiger partial charge in [-0.3, -0.25) is 4.79 Å². The second-order valence-electron chi connectivity index (χ2n) is 5.12. The van der Waals surface area contributed by atoms with E-state index in [4.69, 9.17) is 10.00 Å². The van der Waals surface area contributed by atoms with Gasteiger partial charge in [0.05, 0.1) is 11.6 Å². The molecular weight excluding hydrogens is 262 g/mol. The number of rotatable bonds is 5. The van der Waals surface area contributed by atoms with Gasteiger partial charge in [-0.2, -0.15) is 5.26 Å². The fourth-order valence-corrected chi connectivity index (χ4v) is 1.80. The minimum atomic E-state index is -0.0112. The van der Waals surface area contributed by atoms with Crippen molar-refractivity contribution < 1.29 is 9.53 Å². The van der Waals surface area contributed by atoms with Crippen LogP contribution in [-0.2, 0) is 4.79 Å². The third-order valence-corrected chi connectivity index (χ3v) is 3.23. The van der Waals surface area contributed by atoms with Crippen molar-refractivity contribution in [2.45, 2.75) is 13.8 Å². The molecule has 0 aliphatic rings. The van der Waals surface area contributed by atoms with E-state index >= 15 is 0 Å². The molecule has 0 heterocycles. The minimum Gasteiger partial charge on any atom is -0.486 e. The molecule has 3 nitrogen and oxygen atoms in total. The Balaban J connectivity index is 2.04. The zero-order valence-electron chi connectivity index (χ0n) is 12.2. The summed E-state index contributed by atoms with van der Waals surface area (Å²) in [7, 11) is 0. The van der Waals surface area contributed by atoms with Gasteiger partial charge >= 0.3 is 0 Å². The highest BCUT2D eigenvalue weighted by Crippen LogP contribution is 2.22. The lowest BCUT2D eigenvalue weighted by molar-refractivity contribution is -0.123. The topological polar surface area (TPSA) is 50.1 Å². The maximum atomic E-state index is 11.5. The molecule has 0 fully saturated rings. The van der Waals surface area contributed by atoms with Crippen molar-refractivity contribution in [2.24, 2.45) is 5.92 Å².